The quantitative estimate of drug-likeness (QED) is 0.672. The zero-order valence-corrected chi connectivity index (χ0v) is 10.6. The van der Waals surface area contributed by atoms with E-state index < -0.39 is 12.0 Å². The van der Waals surface area contributed by atoms with Crippen molar-refractivity contribution in [1.82, 2.24) is 20.5 Å². The Balaban J connectivity index is 1.98. The molecule has 0 fully saturated rings. The number of rotatable bonds is 4. The molecule has 0 aliphatic carbocycles. The van der Waals surface area contributed by atoms with Gasteiger partial charge in [0.1, 0.15) is 0 Å². The van der Waals surface area contributed by atoms with Crippen LogP contribution in [0.5, 0.6) is 0 Å². The van der Waals surface area contributed by atoms with E-state index >= 15 is 0 Å². The monoisotopic (exact) mass is 275 g/mol. The van der Waals surface area contributed by atoms with Gasteiger partial charge in [0, 0.05) is 18.0 Å². The van der Waals surface area contributed by atoms with E-state index in [0.717, 1.165) is 5.56 Å². The fraction of sp³-hybridized carbons (Fsp3) is 0.167. The lowest BCUT2D eigenvalue weighted by Gasteiger charge is -2.13. The number of anilines is 1. The molecule has 8 heteroatoms. The van der Waals surface area contributed by atoms with E-state index in [1.807, 2.05) is 0 Å². The largest absolute Gasteiger partial charge is 0.478 e. The van der Waals surface area contributed by atoms with Gasteiger partial charge >= 0.3 is 12.0 Å². The van der Waals surface area contributed by atoms with Crippen molar-refractivity contribution in [2.24, 2.45) is 0 Å². The summed E-state index contributed by atoms with van der Waals surface area (Å²) in [6.45, 7) is 1.80. The highest BCUT2D eigenvalue weighted by Crippen LogP contribution is 2.11. The number of amides is 2. The topological polar surface area (TPSA) is 120 Å². The molecule has 2 amide bonds. The molecular weight excluding hydrogens is 262 g/mol. The molecule has 0 saturated heterocycles. The van der Waals surface area contributed by atoms with Gasteiger partial charge in [-0.3, -0.25) is 10.1 Å². The van der Waals surface area contributed by atoms with Crippen LogP contribution in [0.25, 0.3) is 0 Å². The lowest BCUT2D eigenvalue weighted by atomic mass is 10.2. The van der Waals surface area contributed by atoms with E-state index in [4.69, 9.17) is 5.11 Å². The van der Waals surface area contributed by atoms with Gasteiger partial charge in [-0.15, -0.1) is 0 Å². The number of carbonyl (C=O) groups is 2. The molecule has 0 radical (unpaired) electrons. The number of pyridine rings is 1. The molecule has 104 valence electrons. The number of nitrogens with zero attached hydrogens (tertiary/aromatic N) is 2. The second kappa shape index (κ2) is 5.83. The third-order valence-corrected chi connectivity index (χ3v) is 2.61. The molecule has 8 nitrogen and oxygen atoms in total. The van der Waals surface area contributed by atoms with Crippen LogP contribution in [-0.4, -0.2) is 32.3 Å². The molecule has 2 aromatic rings. The van der Waals surface area contributed by atoms with Crippen molar-refractivity contribution in [2.45, 2.75) is 13.0 Å². The third kappa shape index (κ3) is 3.31. The Morgan fingerprint density at radius 2 is 2.15 bits per heavy atom. The molecule has 4 N–H and O–H groups in total. The first-order valence-electron chi connectivity index (χ1n) is 5.81. The lowest BCUT2D eigenvalue weighted by molar-refractivity contribution is 0.0696. The zero-order valence-electron chi connectivity index (χ0n) is 10.6. The van der Waals surface area contributed by atoms with Crippen LogP contribution in [0.15, 0.2) is 30.9 Å². The van der Waals surface area contributed by atoms with Crippen LogP contribution < -0.4 is 10.6 Å². The Morgan fingerprint density at radius 1 is 1.35 bits per heavy atom. The maximum atomic E-state index is 11.8. The Kier molecular flexibility index (Phi) is 3.94. The number of carboxylic acids is 1. The number of aromatic nitrogens is 3. The molecule has 0 aromatic carbocycles. The summed E-state index contributed by atoms with van der Waals surface area (Å²) in [4.78, 5) is 26.3. The predicted octanol–water partition coefficient (Wildman–Crippen LogP) is 1.39. The van der Waals surface area contributed by atoms with Gasteiger partial charge in [0.05, 0.1) is 29.7 Å². The minimum absolute atomic E-state index is 0.00526. The normalized spacial score (nSPS) is 11.7. The van der Waals surface area contributed by atoms with Gasteiger partial charge in [-0.1, -0.05) is 0 Å². The van der Waals surface area contributed by atoms with Crippen LogP contribution in [0.2, 0.25) is 0 Å². The highest BCUT2D eigenvalue weighted by Gasteiger charge is 2.11. The average Bonchev–Trinajstić information content (AvgIpc) is 2.92. The summed E-state index contributed by atoms with van der Waals surface area (Å²) in [5.41, 5.74) is 1.14. The number of H-pyrrole nitrogens is 1. The number of aromatic amines is 1. The van der Waals surface area contributed by atoms with Crippen LogP contribution >= 0.6 is 0 Å². The van der Waals surface area contributed by atoms with Crippen LogP contribution in [0.1, 0.15) is 28.9 Å². The maximum absolute atomic E-state index is 11.8. The standard InChI is InChI=1S/C12H13N5O3/c1-7(9-4-14-15-5-9)16-12(20)17-10-2-8(11(18)19)3-13-6-10/h2-7H,1H3,(H,14,15)(H,18,19)(H2,16,17,20). The molecule has 20 heavy (non-hydrogen) atoms. The summed E-state index contributed by atoms with van der Waals surface area (Å²) in [5.74, 6) is -1.10. The second-order valence-corrected chi connectivity index (χ2v) is 4.12. The van der Waals surface area contributed by atoms with Gasteiger partial charge in [-0.2, -0.15) is 5.10 Å². The first-order valence-corrected chi connectivity index (χ1v) is 5.81. The number of hydrogen-bond acceptors (Lipinski definition) is 4. The van der Waals surface area contributed by atoms with Crippen molar-refractivity contribution in [2.75, 3.05) is 5.32 Å². The van der Waals surface area contributed by atoms with Gasteiger partial charge in [-0.05, 0) is 13.0 Å². The van der Waals surface area contributed by atoms with Crippen molar-refractivity contribution in [3.8, 4) is 0 Å². The Labute approximate surface area is 114 Å². The summed E-state index contributed by atoms with van der Waals surface area (Å²) in [6, 6.07) is 0.643. The third-order valence-electron chi connectivity index (χ3n) is 2.61. The maximum Gasteiger partial charge on any atom is 0.337 e. The Hall–Kier alpha value is -2.90. The van der Waals surface area contributed by atoms with Crippen molar-refractivity contribution < 1.29 is 14.7 Å². The van der Waals surface area contributed by atoms with Crippen molar-refractivity contribution in [3.63, 3.8) is 0 Å². The van der Waals surface area contributed by atoms with Crippen LogP contribution in [-0.2, 0) is 0 Å². The molecule has 0 spiro atoms. The molecule has 0 aliphatic rings. The predicted molar refractivity (Wildman–Crippen MR) is 70.4 cm³/mol. The number of hydrogen-bond donors (Lipinski definition) is 4. The molecule has 1 unspecified atom stereocenters. The van der Waals surface area contributed by atoms with Gasteiger partial charge in [-0.25, -0.2) is 9.59 Å². The number of aromatic carboxylic acids is 1. The van der Waals surface area contributed by atoms with E-state index in [2.05, 4.69) is 25.8 Å². The summed E-state index contributed by atoms with van der Waals surface area (Å²) >= 11 is 0. The molecule has 1 atom stereocenters. The SMILES string of the molecule is CC(NC(=O)Nc1cncc(C(=O)O)c1)c1cn[nH]c1. The fourth-order valence-corrected chi connectivity index (χ4v) is 1.57. The number of carbonyl (C=O) groups excluding carboxylic acids is 1. The minimum Gasteiger partial charge on any atom is -0.478 e. The molecule has 0 bridgehead atoms. The summed E-state index contributed by atoms with van der Waals surface area (Å²) < 4.78 is 0. The highest BCUT2D eigenvalue weighted by molar-refractivity contribution is 5.92. The van der Waals surface area contributed by atoms with E-state index in [0.29, 0.717) is 5.69 Å². The Morgan fingerprint density at radius 3 is 2.80 bits per heavy atom. The molecule has 0 saturated carbocycles. The van der Waals surface area contributed by atoms with Gasteiger partial charge < -0.3 is 15.7 Å². The van der Waals surface area contributed by atoms with E-state index in [1.54, 1.807) is 19.3 Å². The first-order chi connectivity index (χ1) is 9.56. The van der Waals surface area contributed by atoms with Crippen LogP contribution in [0.4, 0.5) is 10.5 Å². The van der Waals surface area contributed by atoms with Crippen molar-refractivity contribution >= 4 is 17.7 Å². The van der Waals surface area contributed by atoms with Crippen LogP contribution in [0.3, 0.4) is 0 Å². The summed E-state index contributed by atoms with van der Waals surface area (Å²) in [6.07, 6.45) is 5.86. The highest BCUT2D eigenvalue weighted by atomic mass is 16.4. The Bertz CT molecular complexity index is 611. The van der Waals surface area contributed by atoms with Gasteiger partial charge in [0.15, 0.2) is 0 Å². The molecular formula is C12H13N5O3. The van der Waals surface area contributed by atoms with Crippen molar-refractivity contribution in [1.29, 1.82) is 0 Å². The zero-order chi connectivity index (χ0) is 14.5. The van der Waals surface area contributed by atoms with E-state index in [-0.39, 0.29) is 11.6 Å². The lowest BCUT2D eigenvalue weighted by Crippen LogP contribution is -2.31. The number of urea groups is 1. The van der Waals surface area contributed by atoms with Crippen molar-refractivity contribution in [3.05, 3.63) is 42.0 Å². The van der Waals surface area contributed by atoms with Crippen LogP contribution in [0, 0.1) is 0 Å². The average molecular weight is 275 g/mol. The molecule has 2 rings (SSSR count). The summed E-state index contributed by atoms with van der Waals surface area (Å²) in [5, 5.41) is 20.5. The molecule has 2 heterocycles. The van der Waals surface area contributed by atoms with E-state index in [1.165, 1.54) is 18.5 Å². The molecule has 2 aromatic heterocycles. The smallest absolute Gasteiger partial charge is 0.337 e. The number of nitrogens with one attached hydrogen (secondary N) is 3. The minimum atomic E-state index is -1.10. The van der Waals surface area contributed by atoms with Gasteiger partial charge in [0.25, 0.3) is 0 Å². The fourth-order valence-electron chi connectivity index (χ4n) is 1.57. The number of carboxylic acid groups (broad SMARTS) is 1. The first kappa shape index (κ1) is 13.5. The molecule has 0 aliphatic heterocycles. The summed E-state index contributed by atoms with van der Waals surface area (Å²) in [7, 11) is 0. The van der Waals surface area contributed by atoms with Gasteiger partial charge in [0.2, 0.25) is 0 Å². The van der Waals surface area contributed by atoms with E-state index in [9.17, 15) is 9.59 Å². The second-order valence-electron chi connectivity index (χ2n) is 4.12.